The van der Waals surface area contributed by atoms with Crippen LogP contribution in [0.3, 0.4) is 0 Å². The van der Waals surface area contributed by atoms with Gasteiger partial charge in [0, 0.05) is 44.3 Å². The summed E-state index contributed by atoms with van der Waals surface area (Å²) in [5, 5.41) is 0.914. The zero-order valence-corrected chi connectivity index (χ0v) is 20.1. The Morgan fingerprint density at radius 1 is 0.800 bits per heavy atom. The van der Waals surface area contributed by atoms with Gasteiger partial charge in [0.1, 0.15) is 6.61 Å². The van der Waals surface area contributed by atoms with Gasteiger partial charge in [-0.3, -0.25) is 4.90 Å². The first kappa shape index (κ1) is 23.1. The molecule has 180 valence electrons. The monoisotopic (exact) mass is 489 g/mol. The fourth-order valence-electron chi connectivity index (χ4n) is 4.39. The molecule has 0 aliphatic carbocycles. The second-order valence-electron chi connectivity index (χ2n) is 8.59. The van der Waals surface area contributed by atoms with E-state index in [1.54, 1.807) is 41.4 Å². The van der Waals surface area contributed by atoms with Crippen LogP contribution in [0.5, 0.6) is 0 Å². The Kier molecular flexibility index (Phi) is 6.57. The third-order valence-electron chi connectivity index (χ3n) is 6.29. The van der Waals surface area contributed by atoms with Crippen LogP contribution in [-0.2, 0) is 27.9 Å². The Morgan fingerprint density at radius 2 is 1.43 bits per heavy atom. The Bertz CT molecular complexity index is 1410. The highest BCUT2D eigenvalue weighted by molar-refractivity contribution is 7.90. The lowest BCUT2D eigenvalue weighted by Crippen LogP contribution is -2.48. The van der Waals surface area contributed by atoms with Gasteiger partial charge in [-0.05, 0) is 29.3 Å². The van der Waals surface area contributed by atoms with Crippen molar-refractivity contribution < 1.29 is 17.9 Å². The largest absolute Gasteiger partial charge is 0.445 e. The van der Waals surface area contributed by atoms with Crippen LogP contribution in [-0.4, -0.2) is 54.5 Å². The molecule has 0 saturated carbocycles. The molecule has 1 saturated heterocycles. The average molecular weight is 490 g/mol. The SMILES string of the molecule is O=C(OCc1ccccc1)N1CCN(Cc2cn(S(=O)(=O)c3ccccc3)c3ccccc23)CC1. The minimum absolute atomic E-state index is 0.259. The van der Waals surface area contributed by atoms with Crippen LogP contribution in [0, 0.1) is 0 Å². The summed E-state index contributed by atoms with van der Waals surface area (Å²) in [6.07, 6.45) is 1.42. The van der Waals surface area contributed by atoms with Gasteiger partial charge in [-0.25, -0.2) is 17.2 Å². The van der Waals surface area contributed by atoms with Crippen molar-refractivity contribution in [3.05, 3.63) is 102 Å². The number of amides is 1. The van der Waals surface area contributed by atoms with Crippen molar-refractivity contribution >= 4 is 27.0 Å². The van der Waals surface area contributed by atoms with Crippen molar-refractivity contribution in [3.63, 3.8) is 0 Å². The first-order valence-electron chi connectivity index (χ1n) is 11.6. The number of benzene rings is 3. The Labute approximate surface area is 205 Å². The molecule has 1 aliphatic rings. The Morgan fingerprint density at radius 3 is 2.14 bits per heavy atom. The molecule has 2 heterocycles. The summed E-state index contributed by atoms with van der Waals surface area (Å²) in [7, 11) is -3.71. The van der Waals surface area contributed by atoms with E-state index in [0.29, 0.717) is 38.2 Å². The first-order chi connectivity index (χ1) is 17.0. The summed E-state index contributed by atoms with van der Waals surface area (Å²) in [5.41, 5.74) is 2.57. The van der Waals surface area contributed by atoms with Gasteiger partial charge in [0.2, 0.25) is 0 Å². The van der Waals surface area contributed by atoms with Crippen LogP contribution in [0.15, 0.2) is 96.0 Å². The van der Waals surface area contributed by atoms with E-state index in [1.807, 2.05) is 54.6 Å². The summed E-state index contributed by atoms with van der Waals surface area (Å²) in [6, 6.07) is 25.7. The van der Waals surface area contributed by atoms with E-state index in [1.165, 1.54) is 3.97 Å². The molecule has 0 spiro atoms. The maximum Gasteiger partial charge on any atom is 0.410 e. The molecule has 1 aliphatic heterocycles. The number of piperazine rings is 1. The molecule has 0 bridgehead atoms. The fourth-order valence-corrected chi connectivity index (χ4v) is 5.80. The number of fused-ring (bicyclic) bond motifs is 1. The summed E-state index contributed by atoms with van der Waals surface area (Å²) >= 11 is 0. The molecule has 0 radical (unpaired) electrons. The molecular weight excluding hydrogens is 462 g/mol. The molecule has 3 aromatic carbocycles. The van der Waals surface area contributed by atoms with Gasteiger partial charge in [0.05, 0.1) is 10.4 Å². The van der Waals surface area contributed by atoms with Gasteiger partial charge in [-0.2, -0.15) is 0 Å². The highest BCUT2D eigenvalue weighted by atomic mass is 32.2. The van der Waals surface area contributed by atoms with Crippen molar-refractivity contribution in [2.45, 2.75) is 18.0 Å². The Balaban J connectivity index is 1.27. The van der Waals surface area contributed by atoms with E-state index in [4.69, 9.17) is 4.74 Å². The van der Waals surface area contributed by atoms with Crippen molar-refractivity contribution in [2.24, 2.45) is 0 Å². The molecule has 8 heteroatoms. The lowest BCUT2D eigenvalue weighted by Gasteiger charge is -2.34. The molecular formula is C27H27N3O4S. The summed E-state index contributed by atoms with van der Waals surface area (Å²) in [4.78, 5) is 16.7. The smallest absolute Gasteiger partial charge is 0.410 e. The topological polar surface area (TPSA) is 71.8 Å². The number of hydrogen-bond acceptors (Lipinski definition) is 5. The maximum absolute atomic E-state index is 13.3. The third kappa shape index (κ3) is 4.94. The van der Waals surface area contributed by atoms with Crippen molar-refractivity contribution in [1.29, 1.82) is 0 Å². The number of carbonyl (C=O) groups is 1. The van der Waals surface area contributed by atoms with Gasteiger partial charge < -0.3 is 9.64 Å². The number of rotatable bonds is 6. The van der Waals surface area contributed by atoms with Crippen molar-refractivity contribution in [1.82, 2.24) is 13.8 Å². The van der Waals surface area contributed by atoms with Crippen LogP contribution in [0.4, 0.5) is 4.79 Å². The fraction of sp³-hybridized carbons (Fsp3) is 0.222. The summed E-state index contributed by atoms with van der Waals surface area (Å²) in [5.74, 6) is 0. The number of para-hydroxylation sites is 1. The van der Waals surface area contributed by atoms with Crippen LogP contribution < -0.4 is 0 Å². The zero-order valence-electron chi connectivity index (χ0n) is 19.3. The van der Waals surface area contributed by atoms with Crippen LogP contribution in [0.1, 0.15) is 11.1 Å². The predicted molar refractivity (Wildman–Crippen MR) is 134 cm³/mol. The predicted octanol–water partition coefficient (Wildman–Crippen LogP) is 4.33. The van der Waals surface area contributed by atoms with Crippen molar-refractivity contribution in [3.8, 4) is 0 Å². The molecule has 0 atom stereocenters. The lowest BCUT2D eigenvalue weighted by atomic mass is 10.1. The second kappa shape index (κ2) is 9.93. The number of hydrogen-bond donors (Lipinski definition) is 0. The lowest BCUT2D eigenvalue weighted by molar-refractivity contribution is 0.0701. The first-order valence-corrected chi connectivity index (χ1v) is 13.0. The molecule has 35 heavy (non-hydrogen) atoms. The molecule has 5 rings (SSSR count). The molecule has 1 fully saturated rings. The number of nitrogens with zero attached hydrogens (tertiary/aromatic N) is 3. The number of aromatic nitrogens is 1. The minimum atomic E-state index is -3.71. The normalized spacial score (nSPS) is 14.8. The second-order valence-corrected chi connectivity index (χ2v) is 10.4. The Hall–Kier alpha value is -3.62. The molecule has 4 aromatic rings. The van der Waals surface area contributed by atoms with Gasteiger partial charge in [0.15, 0.2) is 0 Å². The standard InChI is InChI=1S/C27H27N3O4S/c31-27(34-21-22-9-3-1-4-10-22)29-17-15-28(16-18-29)19-23-20-30(26-14-8-7-13-25(23)26)35(32,33)24-11-5-2-6-12-24/h1-14,20H,15-19,21H2. The van der Waals surface area contributed by atoms with E-state index < -0.39 is 10.0 Å². The van der Waals surface area contributed by atoms with Crippen LogP contribution >= 0.6 is 0 Å². The van der Waals surface area contributed by atoms with E-state index in [2.05, 4.69) is 4.90 Å². The van der Waals surface area contributed by atoms with E-state index >= 15 is 0 Å². The maximum atomic E-state index is 13.3. The summed E-state index contributed by atoms with van der Waals surface area (Å²) in [6.45, 7) is 3.36. The van der Waals surface area contributed by atoms with Crippen molar-refractivity contribution in [2.75, 3.05) is 26.2 Å². The molecule has 0 N–H and O–H groups in total. The molecule has 0 unspecified atom stereocenters. The van der Waals surface area contributed by atoms with Gasteiger partial charge in [-0.1, -0.05) is 66.7 Å². The quantitative estimate of drug-likeness (QED) is 0.403. The highest BCUT2D eigenvalue weighted by Gasteiger charge is 2.25. The molecule has 7 nitrogen and oxygen atoms in total. The number of ether oxygens (including phenoxy) is 1. The molecule has 1 amide bonds. The van der Waals surface area contributed by atoms with E-state index in [9.17, 15) is 13.2 Å². The number of carbonyl (C=O) groups excluding carboxylic acids is 1. The molecule has 1 aromatic heterocycles. The van der Waals surface area contributed by atoms with E-state index in [0.717, 1.165) is 16.5 Å². The van der Waals surface area contributed by atoms with Crippen LogP contribution in [0.25, 0.3) is 10.9 Å². The minimum Gasteiger partial charge on any atom is -0.445 e. The third-order valence-corrected chi connectivity index (χ3v) is 7.98. The van der Waals surface area contributed by atoms with Gasteiger partial charge in [-0.15, -0.1) is 0 Å². The summed E-state index contributed by atoms with van der Waals surface area (Å²) < 4.78 is 33.5. The zero-order chi connectivity index (χ0) is 24.3. The van der Waals surface area contributed by atoms with Crippen LogP contribution in [0.2, 0.25) is 0 Å². The highest BCUT2D eigenvalue weighted by Crippen LogP contribution is 2.27. The van der Waals surface area contributed by atoms with Gasteiger partial charge in [0.25, 0.3) is 10.0 Å². The average Bonchev–Trinajstić information content (AvgIpc) is 3.28. The van der Waals surface area contributed by atoms with Gasteiger partial charge >= 0.3 is 6.09 Å². The van der Waals surface area contributed by atoms with E-state index in [-0.39, 0.29) is 17.6 Å².